The van der Waals surface area contributed by atoms with Gasteiger partial charge in [-0.2, -0.15) is 0 Å². The van der Waals surface area contributed by atoms with Crippen LogP contribution in [0.2, 0.25) is 0 Å². The number of benzene rings is 1. The van der Waals surface area contributed by atoms with Crippen LogP contribution in [0.4, 0.5) is 5.69 Å². The van der Waals surface area contributed by atoms with Crippen LogP contribution in [0.5, 0.6) is 0 Å². The van der Waals surface area contributed by atoms with Crippen LogP contribution in [-0.4, -0.2) is 10.7 Å². The second-order valence-electron chi connectivity index (χ2n) is 3.59. The standard InChI is InChI=1S/C12H9N2.C2H6.CH3.Y/c1-8-6-10-9-4-2-3-5-11(9)13-7-12(10)14-8;1-2;;/h2-5H,6H2,1H3;1-2H3;1H3;/q-1;;-1;. The summed E-state index contributed by atoms with van der Waals surface area (Å²) in [4.78, 5) is 8.66. The molecule has 0 unspecified atom stereocenters. The number of pyridine rings is 1. The summed E-state index contributed by atoms with van der Waals surface area (Å²) in [6, 6.07) is 8.15. The molecule has 0 aliphatic carbocycles. The molecule has 0 N–H and O–H groups in total. The van der Waals surface area contributed by atoms with Crippen molar-refractivity contribution in [2.45, 2.75) is 27.2 Å². The Morgan fingerprint density at radius 3 is 2.56 bits per heavy atom. The predicted molar refractivity (Wildman–Crippen MR) is 74.8 cm³/mol. The monoisotopic (exact) mass is 315 g/mol. The summed E-state index contributed by atoms with van der Waals surface area (Å²) >= 11 is 0. The maximum Gasteiger partial charge on any atom is 0.00599 e. The third kappa shape index (κ3) is 3.24. The van der Waals surface area contributed by atoms with Crippen LogP contribution in [-0.2, 0) is 39.1 Å². The third-order valence-corrected chi connectivity index (χ3v) is 2.53. The zero-order chi connectivity index (χ0) is 11.5. The minimum atomic E-state index is 0. The van der Waals surface area contributed by atoms with Crippen LogP contribution in [0.1, 0.15) is 26.3 Å². The van der Waals surface area contributed by atoms with Gasteiger partial charge in [0.1, 0.15) is 0 Å². The van der Waals surface area contributed by atoms with Crippen molar-refractivity contribution in [3.63, 3.8) is 0 Å². The van der Waals surface area contributed by atoms with Crippen molar-refractivity contribution in [3.05, 3.63) is 43.5 Å². The molecule has 1 radical (unpaired) electrons. The van der Waals surface area contributed by atoms with Crippen LogP contribution in [0.25, 0.3) is 10.9 Å². The molecule has 2 aromatic rings. The molecule has 18 heavy (non-hydrogen) atoms. The van der Waals surface area contributed by atoms with Crippen LogP contribution in [0.3, 0.4) is 0 Å². The van der Waals surface area contributed by atoms with E-state index in [9.17, 15) is 0 Å². The second-order valence-corrected chi connectivity index (χ2v) is 3.59. The normalized spacial score (nSPS) is 11.4. The molecule has 93 valence electrons. The van der Waals surface area contributed by atoms with Gasteiger partial charge >= 0.3 is 0 Å². The number of rotatable bonds is 0. The summed E-state index contributed by atoms with van der Waals surface area (Å²) in [7, 11) is 0. The van der Waals surface area contributed by atoms with Crippen molar-refractivity contribution < 1.29 is 32.7 Å². The molecular weight excluding hydrogens is 297 g/mol. The number of nitrogens with zero attached hydrogens (tertiary/aromatic N) is 2. The Morgan fingerprint density at radius 1 is 1.17 bits per heavy atom. The van der Waals surface area contributed by atoms with E-state index in [0.29, 0.717) is 0 Å². The van der Waals surface area contributed by atoms with Gasteiger partial charge in [0.05, 0.1) is 0 Å². The maximum atomic E-state index is 4.40. The molecule has 1 aliphatic heterocycles. The van der Waals surface area contributed by atoms with Gasteiger partial charge < -0.3 is 12.4 Å². The van der Waals surface area contributed by atoms with Crippen LogP contribution < -0.4 is 0 Å². The number of hydrogen-bond donors (Lipinski definition) is 0. The van der Waals surface area contributed by atoms with Crippen molar-refractivity contribution in [1.29, 1.82) is 0 Å². The van der Waals surface area contributed by atoms with Gasteiger partial charge in [0.25, 0.3) is 0 Å². The molecule has 3 rings (SSSR count). The van der Waals surface area contributed by atoms with Crippen LogP contribution in [0.15, 0.2) is 29.3 Å². The molecule has 0 fully saturated rings. The Bertz CT molecular complexity index is 547. The topological polar surface area (TPSA) is 25.2 Å². The molecule has 0 amide bonds. The molecule has 0 spiro atoms. The Morgan fingerprint density at radius 2 is 1.83 bits per heavy atom. The molecule has 1 aliphatic rings. The fourth-order valence-corrected chi connectivity index (χ4v) is 1.89. The van der Waals surface area contributed by atoms with Crippen molar-refractivity contribution in [2.24, 2.45) is 4.99 Å². The van der Waals surface area contributed by atoms with Crippen molar-refractivity contribution in [2.75, 3.05) is 0 Å². The second kappa shape index (κ2) is 7.75. The fraction of sp³-hybridized carbons (Fsp3) is 0.267. The first-order chi connectivity index (χ1) is 7.84. The van der Waals surface area contributed by atoms with Gasteiger partial charge in [0.15, 0.2) is 0 Å². The fourth-order valence-electron chi connectivity index (χ4n) is 1.89. The first kappa shape index (κ1) is 17.4. The third-order valence-electron chi connectivity index (χ3n) is 2.53. The van der Waals surface area contributed by atoms with E-state index in [0.717, 1.165) is 23.3 Å². The zero-order valence-electron chi connectivity index (χ0n) is 11.5. The summed E-state index contributed by atoms with van der Waals surface area (Å²) in [5, 5.41) is 1.21. The van der Waals surface area contributed by atoms with Gasteiger partial charge in [-0.1, -0.05) is 44.3 Å². The first-order valence-electron chi connectivity index (χ1n) is 5.68. The molecule has 1 aromatic carbocycles. The predicted octanol–water partition coefficient (Wildman–Crippen LogP) is 4.16. The molecule has 0 bridgehead atoms. The van der Waals surface area contributed by atoms with Gasteiger partial charge in [-0.15, -0.1) is 10.9 Å². The van der Waals surface area contributed by atoms with Gasteiger partial charge in [-0.05, 0) is 24.5 Å². The smallest absolute Gasteiger partial charge is 0.00599 e. The van der Waals surface area contributed by atoms with Gasteiger partial charge in [0.2, 0.25) is 0 Å². The average Bonchev–Trinajstić information content (AvgIpc) is 2.72. The Balaban J connectivity index is 0.000000691. The summed E-state index contributed by atoms with van der Waals surface area (Å²) in [5.74, 6) is 0. The zero-order valence-corrected chi connectivity index (χ0v) is 14.3. The van der Waals surface area contributed by atoms with Crippen molar-refractivity contribution in [3.8, 4) is 0 Å². The Hall–Kier alpha value is -0.596. The minimum absolute atomic E-state index is 0. The summed E-state index contributed by atoms with van der Waals surface area (Å²) in [6.07, 6.45) is 3.92. The maximum absolute atomic E-state index is 4.40. The Labute approximate surface area is 135 Å². The minimum Gasteiger partial charge on any atom is -0.384 e. The number of fused-ring (bicyclic) bond motifs is 3. The van der Waals surface area contributed by atoms with E-state index < -0.39 is 0 Å². The number of aliphatic imine (C=N–C) groups is 1. The molecule has 1 aromatic heterocycles. The van der Waals surface area contributed by atoms with Crippen molar-refractivity contribution >= 4 is 22.3 Å². The average molecular weight is 315 g/mol. The van der Waals surface area contributed by atoms with Crippen LogP contribution >= 0.6 is 0 Å². The quantitative estimate of drug-likeness (QED) is 0.670. The molecule has 0 saturated carbocycles. The number of hydrogen-bond acceptors (Lipinski definition) is 2. The van der Waals surface area contributed by atoms with Crippen LogP contribution in [0, 0.1) is 13.6 Å². The molecule has 2 heterocycles. The first-order valence-corrected chi connectivity index (χ1v) is 5.68. The van der Waals surface area contributed by atoms with E-state index in [1.807, 2.05) is 39.0 Å². The van der Waals surface area contributed by atoms with E-state index in [1.54, 1.807) is 0 Å². The van der Waals surface area contributed by atoms with E-state index in [4.69, 9.17) is 0 Å². The summed E-state index contributed by atoms with van der Waals surface area (Å²) in [5.41, 5.74) is 4.35. The molecule has 2 nitrogen and oxygen atoms in total. The molecular formula is C15H18N2Y-2. The molecule has 0 atom stereocenters. The largest absolute Gasteiger partial charge is 0.384 e. The van der Waals surface area contributed by atoms with Gasteiger partial charge in [-0.25, -0.2) is 0 Å². The SMILES string of the molecule is CC.CC1=Nc2[c-]nc3ccccc3c2C1.[CH3-].[Y]. The van der Waals surface area contributed by atoms with Gasteiger partial charge in [0, 0.05) is 38.4 Å². The number of aromatic nitrogens is 1. The number of para-hydroxylation sites is 1. The molecule has 3 heteroatoms. The van der Waals surface area contributed by atoms with Crippen molar-refractivity contribution in [1.82, 2.24) is 4.98 Å². The summed E-state index contributed by atoms with van der Waals surface area (Å²) in [6.45, 7) is 6.04. The van der Waals surface area contributed by atoms with E-state index >= 15 is 0 Å². The van der Waals surface area contributed by atoms with E-state index in [2.05, 4.69) is 22.2 Å². The summed E-state index contributed by atoms with van der Waals surface area (Å²) < 4.78 is 0. The molecule has 0 saturated heterocycles. The van der Waals surface area contributed by atoms with E-state index in [-0.39, 0.29) is 40.1 Å². The van der Waals surface area contributed by atoms with E-state index in [1.165, 1.54) is 10.9 Å². The van der Waals surface area contributed by atoms with Gasteiger partial charge in [-0.3, -0.25) is 4.99 Å². The Kier molecular flexibility index (Phi) is 7.50.